The third-order valence-corrected chi connectivity index (χ3v) is 3.71. The molecule has 1 fully saturated rings. The van der Waals surface area contributed by atoms with Gasteiger partial charge < -0.3 is 9.33 Å². The molecular weight excluding hydrogens is 240 g/mol. The molecule has 0 bridgehead atoms. The fourth-order valence-corrected chi connectivity index (χ4v) is 2.85. The minimum absolute atomic E-state index is 0.716. The SMILES string of the molecule is C[SiH](C)Oc1ccccc1CN=CN1CCCC1. The van der Waals surface area contributed by atoms with Crippen LogP contribution in [0.25, 0.3) is 0 Å². The predicted molar refractivity (Wildman–Crippen MR) is 79.0 cm³/mol. The molecule has 0 unspecified atom stereocenters. The predicted octanol–water partition coefficient (Wildman–Crippen LogP) is 2.67. The van der Waals surface area contributed by atoms with E-state index in [4.69, 9.17) is 4.43 Å². The molecule has 0 atom stereocenters. The molecule has 18 heavy (non-hydrogen) atoms. The first-order valence-corrected chi connectivity index (χ1v) is 9.52. The van der Waals surface area contributed by atoms with Crippen molar-refractivity contribution in [1.82, 2.24) is 4.90 Å². The zero-order chi connectivity index (χ0) is 12.8. The van der Waals surface area contributed by atoms with Crippen molar-refractivity contribution in [3.63, 3.8) is 0 Å². The van der Waals surface area contributed by atoms with Crippen LogP contribution in [0.5, 0.6) is 5.75 Å². The lowest BCUT2D eigenvalue weighted by Crippen LogP contribution is -2.16. The summed E-state index contributed by atoms with van der Waals surface area (Å²) in [5, 5.41) is 0. The molecule has 0 radical (unpaired) electrons. The van der Waals surface area contributed by atoms with Gasteiger partial charge in [0.1, 0.15) is 5.75 Å². The van der Waals surface area contributed by atoms with Crippen LogP contribution < -0.4 is 4.43 Å². The number of hydrogen-bond donors (Lipinski definition) is 0. The molecule has 3 nitrogen and oxygen atoms in total. The zero-order valence-electron chi connectivity index (χ0n) is 11.3. The molecule has 1 aliphatic rings. The molecule has 4 heteroatoms. The van der Waals surface area contributed by atoms with E-state index in [-0.39, 0.29) is 0 Å². The van der Waals surface area contributed by atoms with Crippen LogP contribution in [0.1, 0.15) is 18.4 Å². The number of nitrogens with zero attached hydrogens (tertiary/aromatic N) is 2. The van der Waals surface area contributed by atoms with Gasteiger partial charge in [-0.15, -0.1) is 0 Å². The Morgan fingerprint density at radius 2 is 2.00 bits per heavy atom. The van der Waals surface area contributed by atoms with Gasteiger partial charge in [0, 0.05) is 18.7 Å². The summed E-state index contributed by atoms with van der Waals surface area (Å²) in [6.07, 6.45) is 4.59. The quantitative estimate of drug-likeness (QED) is 0.463. The molecule has 0 amide bonds. The summed E-state index contributed by atoms with van der Waals surface area (Å²) >= 11 is 0. The maximum absolute atomic E-state index is 5.92. The van der Waals surface area contributed by atoms with Gasteiger partial charge in [-0.05, 0) is 32.0 Å². The summed E-state index contributed by atoms with van der Waals surface area (Å²) < 4.78 is 5.92. The van der Waals surface area contributed by atoms with Crippen molar-refractivity contribution in [2.75, 3.05) is 13.1 Å². The monoisotopic (exact) mass is 262 g/mol. The van der Waals surface area contributed by atoms with Gasteiger partial charge in [-0.25, -0.2) is 0 Å². The van der Waals surface area contributed by atoms with Gasteiger partial charge in [0.2, 0.25) is 9.04 Å². The molecule has 1 heterocycles. The lowest BCUT2D eigenvalue weighted by atomic mass is 10.2. The van der Waals surface area contributed by atoms with Gasteiger partial charge in [-0.3, -0.25) is 4.99 Å². The van der Waals surface area contributed by atoms with Crippen molar-refractivity contribution in [2.45, 2.75) is 32.5 Å². The van der Waals surface area contributed by atoms with Crippen LogP contribution in [-0.2, 0) is 6.54 Å². The zero-order valence-corrected chi connectivity index (χ0v) is 12.5. The van der Waals surface area contributed by atoms with Crippen LogP contribution in [0.15, 0.2) is 29.3 Å². The largest absolute Gasteiger partial charge is 0.547 e. The maximum atomic E-state index is 5.92. The van der Waals surface area contributed by atoms with E-state index in [1.165, 1.54) is 18.4 Å². The molecule has 1 aliphatic heterocycles. The average molecular weight is 262 g/mol. The molecule has 1 aromatic rings. The van der Waals surface area contributed by atoms with Crippen molar-refractivity contribution < 1.29 is 4.43 Å². The lowest BCUT2D eigenvalue weighted by molar-refractivity contribution is 0.532. The second-order valence-corrected chi connectivity index (χ2v) is 7.31. The van der Waals surface area contributed by atoms with Gasteiger partial charge in [-0.2, -0.15) is 0 Å². The number of rotatable bonds is 5. The molecule has 0 N–H and O–H groups in total. The Kier molecular flexibility index (Phi) is 4.81. The van der Waals surface area contributed by atoms with E-state index < -0.39 is 9.04 Å². The van der Waals surface area contributed by atoms with Crippen LogP contribution in [0.4, 0.5) is 0 Å². The molecule has 2 rings (SSSR count). The molecule has 0 aromatic heterocycles. The topological polar surface area (TPSA) is 24.8 Å². The highest BCUT2D eigenvalue weighted by molar-refractivity contribution is 6.49. The summed E-state index contributed by atoms with van der Waals surface area (Å²) in [7, 11) is -1.04. The first kappa shape index (κ1) is 13.1. The number of para-hydroxylation sites is 1. The van der Waals surface area contributed by atoms with Crippen LogP contribution in [0, 0.1) is 0 Å². The van der Waals surface area contributed by atoms with E-state index in [1.54, 1.807) is 0 Å². The third kappa shape index (κ3) is 3.87. The molecule has 0 spiro atoms. The summed E-state index contributed by atoms with van der Waals surface area (Å²) in [5.74, 6) is 1.01. The van der Waals surface area contributed by atoms with Crippen molar-refractivity contribution in [3.8, 4) is 5.75 Å². The van der Waals surface area contributed by atoms with E-state index in [9.17, 15) is 0 Å². The van der Waals surface area contributed by atoms with Gasteiger partial charge >= 0.3 is 0 Å². The lowest BCUT2D eigenvalue weighted by Gasteiger charge is -2.13. The summed E-state index contributed by atoms with van der Waals surface area (Å²) in [6, 6.07) is 8.23. The van der Waals surface area contributed by atoms with E-state index in [2.05, 4.69) is 35.1 Å². The summed E-state index contributed by atoms with van der Waals surface area (Å²) in [4.78, 5) is 6.82. The van der Waals surface area contributed by atoms with Gasteiger partial charge in [0.05, 0.1) is 12.9 Å². The highest BCUT2D eigenvalue weighted by Gasteiger charge is 2.07. The molecule has 0 saturated carbocycles. The fourth-order valence-electron chi connectivity index (χ4n) is 2.12. The Bertz CT molecular complexity index is 401. The number of benzene rings is 1. The Balaban J connectivity index is 1.95. The standard InChI is InChI=1S/C14H22N2OSi/c1-18(2)17-14-8-4-3-7-13(14)11-15-12-16-9-5-6-10-16/h3-4,7-8,12,18H,5-6,9-11H2,1-2H3. The maximum Gasteiger partial charge on any atom is 0.229 e. The smallest absolute Gasteiger partial charge is 0.229 e. The highest BCUT2D eigenvalue weighted by atomic mass is 28.3. The van der Waals surface area contributed by atoms with Gasteiger partial charge in [0.15, 0.2) is 0 Å². The van der Waals surface area contributed by atoms with Crippen LogP contribution >= 0.6 is 0 Å². The second-order valence-electron chi connectivity index (χ2n) is 4.97. The van der Waals surface area contributed by atoms with Crippen LogP contribution in [-0.4, -0.2) is 33.4 Å². The number of aliphatic imine (C=N–C) groups is 1. The van der Waals surface area contributed by atoms with Crippen molar-refractivity contribution >= 4 is 15.4 Å². The minimum atomic E-state index is -1.04. The first-order valence-electron chi connectivity index (χ1n) is 6.74. The van der Waals surface area contributed by atoms with E-state index in [0.717, 1.165) is 18.8 Å². The Morgan fingerprint density at radius 3 is 2.72 bits per heavy atom. The molecule has 1 aromatic carbocycles. The van der Waals surface area contributed by atoms with E-state index >= 15 is 0 Å². The molecular formula is C14H22N2OSi. The van der Waals surface area contributed by atoms with Crippen LogP contribution in [0.3, 0.4) is 0 Å². The Morgan fingerprint density at radius 1 is 1.28 bits per heavy atom. The number of likely N-dealkylation sites (tertiary alicyclic amines) is 1. The average Bonchev–Trinajstić information content (AvgIpc) is 2.84. The molecule has 1 saturated heterocycles. The number of hydrogen-bond acceptors (Lipinski definition) is 2. The summed E-state index contributed by atoms with van der Waals surface area (Å²) in [5.41, 5.74) is 1.19. The molecule has 0 aliphatic carbocycles. The first-order chi connectivity index (χ1) is 8.75. The Hall–Kier alpha value is -1.29. The fraction of sp³-hybridized carbons (Fsp3) is 0.500. The van der Waals surface area contributed by atoms with Gasteiger partial charge in [-0.1, -0.05) is 18.2 Å². The van der Waals surface area contributed by atoms with E-state index in [1.807, 2.05) is 18.5 Å². The van der Waals surface area contributed by atoms with Crippen LogP contribution in [0.2, 0.25) is 13.1 Å². The molecule has 98 valence electrons. The summed E-state index contributed by atoms with van der Waals surface area (Å²) in [6.45, 7) is 7.39. The third-order valence-electron chi connectivity index (χ3n) is 2.98. The Labute approximate surface area is 111 Å². The minimum Gasteiger partial charge on any atom is -0.547 e. The van der Waals surface area contributed by atoms with Gasteiger partial charge in [0.25, 0.3) is 0 Å². The van der Waals surface area contributed by atoms with Crippen molar-refractivity contribution in [2.24, 2.45) is 4.99 Å². The van der Waals surface area contributed by atoms with E-state index in [0.29, 0.717) is 6.54 Å². The second kappa shape index (κ2) is 6.59. The van der Waals surface area contributed by atoms with Crippen molar-refractivity contribution in [3.05, 3.63) is 29.8 Å². The van der Waals surface area contributed by atoms with Crippen molar-refractivity contribution in [1.29, 1.82) is 0 Å². The highest BCUT2D eigenvalue weighted by Crippen LogP contribution is 2.19. The normalized spacial score (nSPS) is 15.8.